The second-order valence-corrected chi connectivity index (χ2v) is 12.9. The average Bonchev–Trinajstić information content (AvgIpc) is 2.73. The predicted molar refractivity (Wildman–Crippen MR) is 146 cm³/mol. The fourth-order valence-electron chi connectivity index (χ4n) is 7.80. The number of rotatable bonds is 0. The molecule has 2 heterocycles. The van der Waals surface area contributed by atoms with E-state index in [1.54, 1.807) is 0 Å². The van der Waals surface area contributed by atoms with Gasteiger partial charge in [-0.1, -0.05) is 48.5 Å². The molecule has 7 rings (SSSR count). The van der Waals surface area contributed by atoms with Crippen molar-refractivity contribution < 1.29 is 0 Å². The van der Waals surface area contributed by atoms with Gasteiger partial charge in [0, 0.05) is 22.2 Å². The zero-order valence-electron chi connectivity index (χ0n) is 21.6. The lowest BCUT2D eigenvalue weighted by Crippen LogP contribution is -2.51. The number of benzene rings is 5. The highest BCUT2D eigenvalue weighted by atomic mass is 15.1. The Bertz CT molecular complexity index is 1450. The van der Waals surface area contributed by atoms with Crippen molar-refractivity contribution in [1.29, 1.82) is 0 Å². The largest absolute Gasteiger partial charge is 0.299 e. The minimum absolute atomic E-state index is 0.0858. The first-order chi connectivity index (χ1) is 15.8. The van der Waals surface area contributed by atoms with Crippen molar-refractivity contribution in [3.05, 3.63) is 70.8 Å². The van der Waals surface area contributed by atoms with Crippen molar-refractivity contribution >= 4 is 43.1 Å². The molecule has 0 aromatic heterocycles. The summed E-state index contributed by atoms with van der Waals surface area (Å²) < 4.78 is 0. The van der Waals surface area contributed by atoms with Crippen molar-refractivity contribution in [1.82, 2.24) is 10.6 Å². The molecule has 0 unspecified atom stereocenters. The van der Waals surface area contributed by atoms with E-state index in [0.717, 1.165) is 0 Å². The molecule has 0 fully saturated rings. The van der Waals surface area contributed by atoms with Gasteiger partial charge in [-0.05, 0) is 121 Å². The summed E-state index contributed by atoms with van der Waals surface area (Å²) in [6, 6.07) is 19.1. The van der Waals surface area contributed by atoms with Crippen LogP contribution in [0.15, 0.2) is 48.5 Å². The van der Waals surface area contributed by atoms with E-state index in [2.05, 4.69) is 115 Å². The van der Waals surface area contributed by atoms with Gasteiger partial charge >= 0.3 is 0 Å². The van der Waals surface area contributed by atoms with Gasteiger partial charge in [0.1, 0.15) is 0 Å². The van der Waals surface area contributed by atoms with Crippen LogP contribution in [0.5, 0.6) is 0 Å². The Kier molecular flexibility index (Phi) is 3.50. The Hall–Kier alpha value is -2.68. The van der Waals surface area contributed by atoms with Gasteiger partial charge in [-0.2, -0.15) is 0 Å². The van der Waals surface area contributed by atoms with Crippen molar-refractivity contribution in [3.63, 3.8) is 0 Å². The zero-order valence-corrected chi connectivity index (χ0v) is 21.6. The average molecular weight is 447 g/mol. The van der Waals surface area contributed by atoms with E-state index in [0.29, 0.717) is 0 Å². The molecule has 0 aliphatic carbocycles. The molecule has 2 nitrogen and oxygen atoms in total. The lowest BCUT2D eigenvalue weighted by atomic mass is 9.72. The van der Waals surface area contributed by atoms with Crippen molar-refractivity contribution in [2.75, 3.05) is 0 Å². The fraction of sp³-hybridized carbons (Fsp3) is 0.375. The first kappa shape index (κ1) is 20.7. The van der Waals surface area contributed by atoms with Gasteiger partial charge in [0.15, 0.2) is 0 Å². The molecule has 0 amide bonds. The summed E-state index contributed by atoms with van der Waals surface area (Å²) in [5.41, 5.74) is 5.28. The van der Waals surface area contributed by atoms with Crippen LogP contribution in [0.1, 0.15) is 77.6 Å². The van der Waals surface area contributed by atoms with Crippen LogP contribution >= 0.6 is 0 Å². The standard InChI is InChI=1S/C32H34N2/c1-29(2)21-13-9-17-19-11-15-23-28-24(32(7,8)34-31(23,5)6)16-12-20(26(19)28)18-10-14-22(27(21)25(17)18)30(3,4)33-29/h9-16,33-34H,1-8H3. The van der Waals surface area contributed by atoms with Gasteiger partial charge in [-0.3, -0.25) is 10.6 Å². The summed E-state index contributed by atoms with van der Waals surface area (Å²) in [6.45, 7) is 18.6. The van der Waals surface area contributed by atoms with E-state index in [4.69, 9.17) is 0 Å². The number of hydrogen-bond acceptors (Lipinski definition) is 2. The summed E-state index contributed by atoms with van der Waals surface area (Å²) in [7, 11) is 0. The minimum atomic E-state index is -0.0858. The molecule has 34 heavy (non-hydrogen) atoms. The van der Waals surface area contributed by atoms with E-state index in [-0.39, 0.29) is 22.2 Å². The molecule has 2 N–H and O–H groups in total. The second kappa shape index (κ2) is 5.75. The maximum Gasteiger partial charge on any atom is 0.0391 e. The fourth-order valence-corrected chi connectivity index (χ4v) is 7.80. The zero-order chi connectivity index (χ0) is 24.0. The van der Waals surface area contributed by atoms with Crippen LogP contribution < -0.4 is 10.6 Å². The summed E-state index contributed by atoms with van der Waals surface area (Å²) in [5.74, 6) is 0. The Morgan fingerprint density at radius 3 is 0.824 bits per heavy atom. The van der Waals surface area contributed by atoms with Crippen LogP contribution in [-0.4, -0.2) is 0 Å². The number of nitrogens with one attached hydrogen (secondary N) is 2. The first-order valence-corrected chi connectivity index (χ1v) is 12.6. The molecule has 0 bridgehead atoms. The molecule has 5 aromatic rings. The van der Waals surface area contributed by atoms with Crippen LogP contribution in [0.4, 0.5) is 0 Å². The molecule has 172 valence electrons. The molecule has 0 spiro atoms. The van der Waals surface area contributed by atoms with E-state index < -0.39 is 0 Å². The third-order valence-electron chi connectivity index (χ3n) is 8.85. The minimum Gasteiger partial charge on any atom is -0.299 e. The summed E-state index contributed by atoms with van der Waals surface area (Å²) in [6.07, 6.45) is 0. The van der Waals surface area contributed by atoms with Crippen molar-refractivity contribution in [2.24, 2.45) is 0 Å². The summed E-state index contributed by atoms with van der Waals surface area (Å²) in [4.78, 5) is 0. The van der Waals surface area contributed by atoms with Gasteiger partial charge in [0.05, 0.1) is 0 Å². The molecule has 2 heteroatoms. The molecule has 2 aliphatic heterocycles. The topological polar surface area (TPSA) is 24.1 Å². The maximum absolute atomic E-state index is 3.90. The normalized spacial score (nSPS) is 21.6. The van der Waals surface area contributed by atoms with Gasteiger partial charge in [0.25, 0.3) is 0 Å². The van der Waals surface area contributed by atoms with Gasteiger partial charge in [0.2, 0.25) is 0 Å². The smallest absolute Gasteiger partial charge is 0.0391 e. The van der Waals surface area contributed by atoms with E-state index in [9.17, 15) is 0 Å². The highest BCUT2D eigenvalue weighted by Crippen LogP contribution is 2.51. The van der Waals surface area contributed by atoms with Gasteiger partial charge < -0.3 is 0 Å². The Balaban J connectivity index is 1.77. The monoisotopic (exact) mass is 446 g/mol. The molecular formula is C32H34N2. The SMILES string of the molecule is CC1(C)NC(C)(C)c2ccc3c4ccc5c6c(ccc(c7ccc1c2c73)c64)C(C)(C)NC5(C)C. The first-order valence-electron chi connectivity index (χ1n) is 12.6. The van der Waals surface area contributed by atoms with Crippen LogP contribution in [0.25, 0.3) is 43.1 Å². The Morgan fingerprint density at radius 1 is 0.353 bits per heavy atom. The quantitative estimate of drug-likeness (QED) is 0.187. The molecule has 0 saturated heterocycles. The Labute approximate surface area is 202 Å². The third-order valence-corrected chi connectivity index (χ3v) is 8.85. The van der Waals surface area contributed by atoms with Crippen molar-refractivity contribution in [2.45, 2.75) is 77.5 Å². The second-order valence-electron chi connectivity index (χ2n) is 12.9. The van der Waals surface area contributed by atoms with Crippen LogP contribution in [0.3, 0.4) is 0 Å². The molecule has 0 saturated carbocycles. The van der Waals surface area contributed by atoms with E-state index >= 15 is 0 Å². The lowest BCUT2D eigenvalue weighted by molar-refractivity contribution is 0.263. The maximum atomic E-state index is 3.90. The molecular weight excluding hydrogens is 412 g/mol. The Morgan fingerprint density at radius 2 is 0.588 bits per heavy atom. The van der Waals surface area contributed by atoms with E-state index in [1.807, 2.05) is 0 Å². The molecule has 2 aliphatic rings. The highest BCUT2D eigenvalue weighted by Gasteiger charge is 2.41. The summed E-state index contributed by atoms with van der Waals surface area (Å²) in [5, 5.41) is 19.1. The van der Waals surface area contributed by atoms with Crippen LogP contribution in [0, 0.1) is 0 Å². The van der Waals surface area contributed by atoms with Crippen LogP contribution in [0.2, 0.25) is 0 Å². The van der Waals surface area contributed by atoms with E-state index in [1.165, 1.54) is 65.3 Å². The molecule has 0 atom stereocenters. The highest BCUT2D eigenvalue weighted by molar-refractivity contribution is 6.34. The molecule has 0 radical (unpaired) electrons. The molecule has 5 aromatic carbocycles. The van der Waals surface area contributed by atoms with Gasteiger partial charge in [-0.15, -0.1) is 0 Å². The number of hydrogen-bond donors (Lipinski definition) is 2. The third kappa shape index (κ3) is 2.29. The number of fused-ring (bicyclic) bond motifs is 2. The predicted octanol–water partition coefficient (Wildman–Crippen LogP) is 7.88. The van der Waals surface area contributed by atoms with Crippen LogP contribution in [-0.2, 0) is 22.2 Å². The summed E-state index contributed by atoms with van der Waals surface area (Å²) >= 11 is 0. The van der Waals surface area contributed by atoms with Crippen molar-refractivity contribution in [3.8, 4) is 0 Å². The van der Waals surface area contributed by atoms with Gasteiger partial charge in [-0.25, -0.2) is 0 Å². The lowest BCUT2D eigenvalue weighted by Gasteiger charge is -2.45.